The van der Waals surface area contributed by atoms with E-state index in [0.717, 1.165) is 29.5 Å². The minimum atomic E-state index is 0.828. The molecule has 0 spiro atoms. The highest BCUT2D eigenvalue weighted by Gasteiger charge is 2.11. The van der Waals surface area contributed by atoms with Crippen molar-refractivity contribution in [2.24, 2.45) is 0 Å². The van der Waals surface area contributed by atoms with E-state index < -0.39 is 0 Å². The van der Waals surface area contributed by atoms with Crippen LogP contribution >= 0.6 is 0 Å². The van der Waals surface area contributed by atoms with Crippen molar-refractivity contribution < 1.29 is 0 Å². The Morgan fingerprint density at radius 3 is 2.41 bits per heavy atom. The van der Waals surface area contributed by atoms with E-state index in [4.69, 9.17) is 5.73 Å². The van der Waals surface area contributed by atoms with E-state index in [9.17, 15) is 0 Å². The Kier molecular flexibility index (Phi) is 3.79. The molecule has 0 saturated heterocycles. The van der Waals surface area contributed by atoms with Gasteiger partial charge in [-0.25, -0.2) is 0 Å². The number of aryl methyl sites for hydroxylation is 1. The van der Waals surface area contributed by atoms with Crippen molar-refractivity contribution in [1.29, 1.82) is 0 Å². The lowest BCUT2D eigenvalue weighted by Crippen LogP contribution is -1.96. The van der Waals surface area contributed by atoms with E-state index >= 15 is 0 Å². The van der Waals surface area contributed by atoms with E-state index in [0.29, 0.717) is 0 Å². The number of nitrogen functional groups attached to an aromatic ring is 1. The van der Waals surface area contributed by atoms with Crippen molar-refractivity contribution in [2.45, 2.75) is 12.8 Å². The maximum absolute atomic E-state index is 6.28. The van der Waals surface area contributed by atoms with Gasteiger partial charge in [-0.3, -0.25) is 0 Å². The normalized spacial score (nSPS) is 12.9. The molecule has 0 fully saturated rings. The smallest absolute Gasteiger partial charge is 0.0399 e. The minimum Gasteiger partial charge on any atom is -0.398 e. The van der Waals surface area contributed by atoms with Crippen LogP contribution in [0.1, 0.15) is 17.5 Å². The van der Waals surface area contributed by atoms with Gasteiger partial charge in [-0.2, -0.15) is 0 Å². The molecule has 1 heteroatoms. The molecule has 0 heterocycles. The zero-order valence-electron chi connectivity index (χ0n) is 15.2. The summed E-state index contributed by atoms with van der Waals surface area (Å²) in [5.74, 6) is 0. The molecule has 4 aromatic carbocycles. The summed E-state index contributed by atoms with van der Waals surface area (Å²) in [6, 6.07) is 28.0. The molecule has 27 heavy (non-hydrogen) atoms. The maximum atomic E-state index is 6.28. The lowest BCUT2D eigenvalue weighted by atomic mass is 9.89. The quantitative estimate of drug-likeness (QED) is 0.400. The average Bonchev–Trinajstić information content (AvgIpc) is 2.73. The van der Waals surface area contributed by atoms with E-state index in [1.54, 1.807) is 0 Å². The van der Waals surface area contributed by atoms with Crippen LogP contribution in [0.15, 0.2) is 84.9 Å². The summed E-state index contributed by atoms with van der Waals surface area (Å²) in [4.78, 5) is 0. The monoisotopic (exact) mass is 347 g/mol. The van der Waals surface area contributed by atoms with E-state index in [2.05, 4.69) is 84.9 Å². The van der Waals surface area contributed by atoms with Gasteiger partial charge in [0.2, 0.25) is 0 Å². The van der Waals surface area contributed by atoms with Gasteiger partial charge >= 0.3 is 0 Å². The highest BCUT2D eigenvalue weighted by molar-refractivity contribution is 5.96. The van der Waals surface area contributed by atoms with Gasteiger partial charge in [0.05, 0.1) is 0 Å². The number of rotatable bonds is 2. The molecule has 0 aliphatic heterocycles. The predicted octanol–water partition coefficient (Wildman–Crippen LogP) is 6.72. The van der Waals surface area contributed by atoms with Gasteiger partial charge in [0.15, 0.2) is 0 Å². The van der Waals surface area contributed by atoms with Crippen molar-refractivity contribution in [2.75, 3.05) is 5.73 Å². The van der Waals surface area contributed by atoms with E-state index in [-0.39, 0.29) is 0 Å². The Balaban J connectivity index is 1.56. The second kappa shape index (κ2) is 6.44. The van der Waals surface area contributed by atoms with Crippen LogP contribution < -0.4 is 5.73 Å². The van der Waals surface area contributed by atoms with Crippen LogP contribution in [0.3, 0.4) is 0 Å². The molecule has 130 valence electrons. The number of nitrogens with two attached hydrogens (primary N) is 1. The Bertz CT molecular complexity index is 1170. The molecule has 0 radical (unpaired) electrons. The van der Waals surface area contributed by atoms with Crippen LogP contribution in [0, 0.1) is 0 Å². The fourth-order valence-corrected chi connectivity index (χ4v) is 4.07. The van der Waals surface area contributed by atoms with Gasteiger partial charge < -0.3 is 5.73 Å². The molecule has 5 rings (SSSR count). The van der Waals surface area contributed by atoms with Crippen molar-refractivity contribution in [3.63, 3.8) is 0 Å². The van der Waals surface area contributed by atoms with Gasteiger partial charge in [-0.15, -0.1) is 0 Å². The number of hydrogen-bond acceptors (Lipinski definition) is 1. The fourth-order valence-electron chi connectivity index (χ4n) is 4.07. The van der Waals surface area contributed by atoms with Gasteiger partial charge in [0.25, 0.3) is 0 Å². The Morgan fingerprint density at radius 2 is 1.52 bits per heavy atom. The number of hydrogen-bond donors (Lipinski definition) is 1. The van der Waals surface area contributed by atoms with Crippen molar-refractivity contribution in [3.05, 3.63) is 96.1 Å². The summed E-state index contributed by atoms with van der Waals surface area (Å²) < 4.78 is 0. The first-order valence-corrected chi connectivity index (χ1v) is 9.47. The van der Waals surface area contributed by atoms with Crippen LogP contribution in [0.2, 0.25) is 0 Å². The molecule has 0 amide bonds. The number of allylic oxidation sites excluding steroid dienone is 1. The van der Waals surface area contributed by atoms with E-state index in [1.807, 2.05) is 6.07 Å². The first kappa shape index (κ1) is 15.9. The molecule has 1 aliphatic carbocycles. The molecule has 2 N–H and O–H groups in total. The Morgan fingerprint density at radius 1 is 0.704 bits per heavy atom. The summed E-state index contributed by atoms with van der Waals surface area (Å²) in [6.45, 7) is 0. The molecule has 0 bridgehead atoms. The third kappa shape index (κ3) is 2.82. The molecule has 0 saturated carbocycles. The maximum Gasteiger partial charge on any atom is 0.0399 e. The third-order valence-corrected chi connectivity index (χ3v) is 5.48. The van der Waals surface area contributed by atoms with E-state index in [1.165, 1.54) is 33.2 Å². The minimum absolute atomic E-state index is 0.828. The lowest BCUT2D eigenvalue weighted by Gasteiger charge is -2.15. The summed E-state index contributed by atoms with van der Waals surface area (Å²) in [5.41, 5.74) is 14.8. The van der Waals surface area contributed by atoms with Crippen LogP contribution in [0.5, 0.6) is 0 Å². The van der Waals surface area contributed by atoms with Crippen molar-refractivity contribution in [1.82, 2.24) is 0 Å². The molecule has 1 aliphatic rings. The first-order valence-electron chi connectivity index (χ1n) is 9.47. The van der Waals surface area contributed by atoms with Crippen LogP contribution in [0.25, 0.3) is 39.1 Å². The fraction of sp³-hybridized carbons (Fsp3) is 0.0769. The summed E-state index contributed by atoms with van der Waals surface area (Å²) in [5, 5.41) is 2.29. The second-order valence-corrected chi connectivity index (χ2v) is 7.18. The number of benzene rings is 4. The largest absolute Gasteiger partial charge is 0.398 e. The molecular formula is C26H21N. The topological polar surface area (TPSA) is 26.0 Å². The summed E-state index contributed by atoms with van der Waals surface area (Å²) in [7, 11) is 0. The molecule has 1 nitrogen and oxygen atoms in total. The predicted molar refractivity (Wildman–Crippen MR) is 117 cm³/mol. The standard InChI is InChI=1S/C26H21N/c27-26-17-22(16-21-7-2-4-10-25(21)26)18-12-14-20(15-13-18)24-11-5-8-19-6-1-3-9-23(19)24/h2-5,7-17H,1,6,27H2. The van der Waals surface area contributed by atoms with Crippen LogP contribution in [-0.2, 0) is 6.42 Å². The summed E-state index contributed by atoms with van der Waals surface area (Å²) >= 11 is 0. The highest BCUT2D eigenvalue weighted by Crippen LogP contribution is 2.33. The Hall–Kier alpha value is -3.32. The molecule has 0 aromatic heterocycles. The molecule has 0 atom stereocenters. The molecule has 4 aromatic rings. The SMILES string of the molecule is Nc1cc(-c2ccc(-c3cccc4c3C=CCC4)cc2)cc2ccccc12. The number of fused-ring (bicyclic) bond motifs is 2. The zero-order valence-corrected chi connectivity index (χ0v) is 15.2. The average molecular weight is 347 g/mol. The van der Waals surface area contributed by atoms with Gasteiger partial charge in [0.1, 0.15) is 0 Å². The Labute approximate surface area is 159 Å². The lowest BCUT2D eigenvalue weighted by molar-refractivity contribution is 0.986. The third-order valence-electron chi connectivity index (χ3n) is 5.48. The van der Waals surface area contributed by atoms with Crippen molar-refractivity contribution >= 4 is 22.5 Å². The first-order chi connectivity index (χ1) is 13.3. The van der Waals surface area contributed by atoms with Crippen LogP contribution in [0.4, 0.5) is 5.69 Å². The van der Waals surface area contributed by atoms with Gasteiger partial charge in [-0.05, 0) is 63.7 Å². The second-order valence-electron chi connectivity index (χ2n) is 7.18. The van der Waals surface area contributed by atoms with Crippen molar-refractivity contribution in [3.8, 4) is 22.3 Å². The van der Waals surface area contributed by atoms with Gasteiger partial charge in [0, 0.05) is 11.1 Å². The van der Waals surface area contributed by atoms with Gasteiger partial charge in [-0.1, -0.05) is 78.9 Å². The molecule has 0 unspecified atom stereocenters. The molecular weight excluding hydrogens is 326 g/mol. The van der Waals surface area contributed by atoms with Crippen LogP contribution in [-0.4, -0.2) is 0 Å². The zero-order chi connectivity index (χ0) is 18.2. The highest BCUT2D eigenvalue weighted by atomic mass is 14.5. The number of anilines is 1. The summed E-state index contributed by atoms with van der Waals surface area (Å²) in [6.07, 6.45) is 6.82.